The fourth-order valence-corrected chi connectivity index (χ4v) is 2.01. The second kappa shape index (κ2) is 6.45. The summed E-state index contributed by atoms with van der Waals surface area (Å²) < 4.78 is 19.2. The van der Waals surface area contributed by atoms with E-state index in [9.17, 15) is 14.0 Å². The molecule has 7 heteroatoms. The summed E-state index contributed by atoms with van der Waals surface area (Å²) in [5.41, 5.74) is -0.112. The van der Waals surface area contributed by atoms with Crippen molar-refractivity contribution in [2.24, 2.45) is 0 Å². The molecule has 1 N–H and O–H groups in total. The first-order chi connectivity index (χ1) is 10.0. The van der Waals surface area contributed by atoms with Crippen molar-refractivity contribution in [2.75, 3.05) is 13.7 Å². The van der Waals surface area contributed by atoms with Crippen LogP contribution in [-0.2, 0) is 16.1 Å². The largest absolute Gasteiger partial charge is 0.383 e. The zero-order valence-corrected chi connectivity index (χ0v) is 11.8. The van der Waals surface area contributed by atoms with E-state index >= 15 is 0 Å². The minimum Gasteiger partial charge on any atom is -0.383 e. The second-order valence-corrected chi connectivity index (χ2v) is 4.76. The summed E-state index contributed by atoms with van der Waals surface area (Å²) in [7, 11) is 1.54. The number of carbonyl (C=O) groups excluding carboxylic acids is 1. The Morgan fingerprint density at radius 1 is 1.52 bits per heavy atom. The summed E-state index contributed by atoms with van der Waals surface area (Å²) in [5, 5.41) is 2.98. The quantitative estimate of drug-likeness (QED) is 0.880. The van der Waals surface area contributed by atoms with E-state index in [1.807, 2.05) is 0 Å². The zero-order chi connectivity index (χ0) is 15.4. The van der Waals surface area contributed by atoms with Gasteiger partial charge in [-0.1, -0.05) is 0 Å². The molecule has 1 heterocycles. The van der Waals surface area contributed by atoms with E-state index in [2.05, 4.69) is 10.3 Å². The number of hydrogen-bond donors (Lipinski definition) is 1. The molecule has 1 aromatic carbocycles. The number of nitrogens with one attached hydrogen (secondary N) is 1. The molecule has 112 valence electrons. The molecule has 6 nitrogen and oxygen atoms in total. The van der Waals surface area contributed by atoms with Crippen molar-refractivity contribution in [3.05, 3.63) is 40.7 Å². The Bertz CT molecular complexity index is 714. The lowest BCUT2D eigenvalue weighted by Crippen LogP contribution is -2.39. The SMILES string of the molecule is COCC(C)NC(=O)Cn1cnc2cc(F)ccc2c1=O. The van der Waals surface area contributed by atoms with Gasteiger partial charge in [-0.15, -0.1) is 0 Å². The van der Waals surface area contributed by atoms with Crippen LogP contribution in [0.1, 0.15) is 6.92 Å². The Labute approximate surface area is 120 Å². The molecule has 21 heavy (non-hydrogen) atoms. The number of rotatable bonds is 5. The highest BCUT2D eigenvalue weighted by Gasteiger charge is 2.11. The molecule has 0 saturated carbocycles. The predicted octanol–water partition coefficient (Wildman–Crippen LogP) is 0.687. The highest BCUT2D eigenvalue weighted by molar-refractivity contribution is 5.79. The van der Waals surface area contributed by atoms with E-state index in [1.54, 1.807) is 14.0 Å². The number of hydrogen-bond acceptors (Lipinski definition) is 4. The molecular formula is C14H16FN3O3. The predicted molar refractivity (Wildman–Crippen MR) is 75.4 cm³/mol. The summed E-state index contributed by atoms with van der Waals surface area (Å²) in [6.45, 7) is 2.04. The minimum absolute atomic E-state index is 0.146. The van der Waals surface area contributed by atoms with Gasteiger partial charge in [-0.25, -0.2) is 9.37 Å². The average molecular weight is 293 g/mol. The molecule has 0 radical (unpaired) electrons. The summed E-state index contributed by atoms with van der Waals surface area (Å²) in [4.78, 5) is 28.0. The van der Waals surface area contributed by atoms with Gasteiger partial charge in [0.25, 0.3) is 5.56 Å². The van der Waals surface area contributed by atoms with Gasteiger partial charge in [-0.2, -0.15) is 0 Å². The van der Waals surface area contributed by atoms with Gasteiger partial charge in [0, 0.05) is 19.2 Å². The third-order valence-electron chi connectivity index (χ3n) is 2.93. The van der Waals surface area contributed by atoms with Crippen LogP contribution in [0, 0.1) is 5.82 Å². The van der Waals surface area contributed by atoms with Crippen LogP contribution in [0.2, 0.25) is 0 Å². The molecular weight excluding hydrogens is 277 g/mol. The summed E-state index contributed by atoms with van der Waals surface area (Å²) in [5.74, 6) is -0.775. The van der Waals surface area contributed by atoms with Crippen LogP contribution >= 0.6 is 0 Å². The number of aromatic nitrogens is 2. The van der Waals surface area contributed by atoms with Crippen LogP contribution in [0.3, 0.4) is 0 Å². The fraction of sp³-hybridized carbons (Fsp3) is 0.357. The van der Waals surface area contributed by atoms with E-state index in [4.69, 9.17) is 4.74 Å². The minimum atomic E-state index is -0.460. The van der Waals surface area contributed by atoms with Crippen molar-refractivity contribution in [2.45, 2.75) is 19.5 Å². The van der Waals surface area contributed by atoms with E-state index in [0.717, 1.165) is 0 Å². The smallest absolute Gasteiger partial charge is 0.261 e. The molecule has 2 rings (SSSR count). The molecule has 0 aliphatic rings. The van der Waals surface area contributed by atoms with Gasteiger partial charge in [-0.05, 0) is 19.1 Å². The Kier molecular flexibility index (Phi) is 4.64. The Hall–Kier alpha value is -2.28. The molecule has 0 fully saturated rings. The van der Waals surface area contributed by atoms with Crippen molar-refractivity contribution in [1.29, 1.82) is 0 Å². The molecule has 1 amide bonds. The normalized spacial score (nSPS) is 12.3. The van der Waals surface area contributed by atoms with Crippen LogP contribution < -0.4 is 10.9 Å². The topological polar surface area (TPSA) is 73.2 Å². The molecule has 1 atom stereocenters. The lowest BCUT2D eigenvalue weighted by molar-refractivity contribution is -0.122. The first-order valence-corrected chi connectivity index (χ1v) is 6.44. The summed E-state index contributed by atoms with van der Waals surface area (Å²) in [6, 6.07) is 3.58. The molecule has 0 bridgehead atoms. The summed E-state index contributed by atoms with van der Waals surface area (Å²) in [6.07, 6.45) is 1.24. The molecule has 0 saturated heterocycles. The van der Waals surface area contributed by atoms with Gasteiger partial charge in [0.2, 0.25) is 5.91 Å². The fourth-order valence-electron chi connectivity index (χ4n) is 2.01. The lowest BCUT2D eigenvalue weighted by atomic mass is 10.2. The molecule has 1 unspecified atom stereocenters. The van der Waals surface area contributed by atoms with Gasteiger partial charge in [0.05, 0.1) is 23.8 Å². The van der Waals surface area contributed by atoms with Crippen LogP contribution in [0.25, 0.3) is 10.9 Å². The number of fused-ring (bicyclic) bond motifs is 1. The monoisotopic (exact) mass is 293 g/mol. The van der Waals surface area contributed by atoms with Crippen LogP contribution in [0.15, 0.2) is 29.3 Å². The van der Waals surface area contributed by atoms with E-state index in [1.165, 1.54) is 29.1 Å². The standard InChI is InChI=1S/C14H16FN3O3/c1-9(7-21-2)17-13(19)6-18-8-16-12-5-10(15)3-4-11(12)14(18)20/h3-5,8-9H,6-7H2,1-2H3,(H,17,19). The first-order valence-electron chi connectivity index (χ1n) is 6.44. The lowest BCUT2D eigenvalue weighted by Gasteiger charge is -2.13. The number of carbonyl (C=O) groups is 1. The summed E-state index contributed by atoms with van der Waals surface area (Å²) >= 11 is 0. The molecule has 2 aromatic rings. The third-order valence-corrected chi connectivity index (χ3v) is 2.93. The van der Waals surface area contributed by atoms with Crippen LogP contribution in [0.5, 0.6) is 0 Å². The number of halogens is 1. The molecule has 0 spiro atoms. The van der Waals surface area contributed by atoms with E-state index in [-0.39, 0.29) is 35.0 Å². The van der Waals surface area contributed by atoms with Crippen molar-refractivity contribution < 1.29 is 13.9 Å². The van der Waals surface area contributed by atoms with Gasteiger partial charge < -0.3 is 10.1 Å². The number of methoxy groups -OCH3 is 1. The maximum Gasteiger partial charge on any atom is 0.261 e. The Morgan fingerprint density at radius 2 is 2.29 bits per heavy atom. The second-order valence-electron chi connectivity index (χ2n) is 4.76. The number of ether oxygens (including phenoxy) is 1. The average Bonchev–Trinajstić information content (AvgIpc) is 2.42. The van der Waals surface area contributed by atoms with Gasteiger partial charge in [0.1, 0.15) is 12.4 Å². The van der Waals surface area contributed by atoms with Crippen LogP contribution in [0.4, 0.5) is 4.39 Å². The van der Waals surface area contributed by atoms with Gasteiger partial charge in [-0.3, -0.25) is 14.2 Å². The van der Waals surface area contributed by atoms with Gasteiger partial charge in [0.15, 0.2) is 0 Å². The van der Waals surface area contributed by atoms with Crippen molar-refractivity contribution >= 4 is 16.8 Å². The number of amides is 1. The maximum absolute atomic E-state index is 13.1. The Morgan fingerprint density at radius 3 is 3.00 bits per heavy atom. The Balaban J connectivity index is 2.19. The highest BCUT2D eigenvalue weighted by Crippen LogP contribution is 2.08. The van der Waals surface area contributed by atoms with Crippen molar-refractivity contribution in [3.8, 4) is 0 Å². The number of nitrogens with zero attached hydrogens (tertiary/aromatic N) is 2. The van der Waals surface area contributed by atoms with Crippen molar-refractivity contribution in [3.63, 3.8) is 0 Å². The van der Waals surface area contributed by atoms with E-state index < -0.39 is 5.82 Å². The highest BCUT2D eigenvalue weighted by atomic mass is 19.1. The number of benzene rings is 1. The third kappa shape index (κ3) is 3.63. The van der Waals surface area contributed by atoms with Gasteiger partial charge >= 0.3 is 0 Å². The zero-order valence-electron chi connectivity index (χ0n) is 11.8. The van der Waals surface area contributed by atoms with E-state index in [0.29, 0.717) is 6.61 Å². The molecule has 1 aromatic heterocycles. The first kappa shape index (κ1) is 15.1. The van der Waals surface area contributed by atoms with Crippen LogP contribution in [-0.4, -0.2) is 35.2 Å². The maximum atomic E-state index is 13.1. The molecule has 0 aliphatic carbocycles. The van der Waals surface area contributed by atoms with Crippen molar-refractivity contribution in [1.82, 2.24) is 14.9 Å². The molecule has 0 aliphatic heterocycles.